The number of thioether (sulfide) groups is 1. The van der Waals surface area contributed by atoms with Crippen LogP contribution in [0.1, 0.15) is 26.7 Å². The highest BCUT2D eigenvalue weighted by atomic mass is 32.2. The van der Waals surface area contributed by atoms with Crippen LogP contribution in [-0.4, -0.2) is 67.0 Å². The van der Waals surface area contributed by atoms with Gasteiger partial charge >= 0.3 is 11.9 Å². The van der Waals surface area contributed by atoms with Gasteiger partial charge in [-0.3, -0.25) is 24.0 Å². The smallest absolute Gasteiger partial charge is 0.319 e. The Bertz CT molecular complexity index is 595. The predicted octanol–water partition coefficient (Wildman–Crippen LogP) is -1.29. The van der Waals surface area contributed by atoms with Crippen LogP contribution in [0.5, 0.6) is 0 Å². The van der Waals surface area contributed by atoms with Crippen LogP contribution in [0.15, 0.2) is 0 Å². The number of ether oxygens (including phenoxy) is 2. The van der Waals surface area contributed by atoms with E-state index in [1.54, 1.807) is 13.8 Å². The van der Waals surface area contributed by atoms with Crippen LogP contribution in [0.3, 0.4) is 0 Å². The molecular formula is C16H25N3O7S. The number of nitrogens with one attached hydrogen (secondary N) is 2. The average molecular weight is 403 g/mol. The summed E-state index contributed by atoms with van der Waals surface area (Å²) in [6, 6.07) is 0. The fraction of sp³-hybridized carbons (Fsp3) is 0.688. The highest BCUT2D eigenvalue weighted by molar-refractivity contribution is 8.13. The van der Waals surface area contributed by atoms with Crippen LogP contribution in [0.25, 0.3) is 0 Å². The van der Waals surface area contributed by atoms with Crippen LogP contribution < -0.4 is 16.4 Å². The second-order valence-corrected chi connectivity index (χ2v) is 7.66. The molecule has 1 aliphatic rings. The number of hydrogen-bond donors (Lipinski definition) is 3. The van der Waals surface area contributed by atoms with E-state index in [1.165, 1.54) is 0 Å². The third-order valence-electron chi connectivity index (χ3n) is 3.60. The quantitative estimate of drug-likeness (QED) is 0.384. The van der Waals surface area contributed by atoms with Gasteiger partial charge in [0, 0.05) is 30.7 Å². The van der Waals surface area contributed by atoms with E-state index in [2.05, 4.69) is 10.6 Å². The number of amides is 2. The standard InChI is InChI=1S/C16H25N3O7S/c1-16(2,9-25-12(22)8-17)14-15(24)19-4-3-10(20)18-5-6-27-13(23)7-11(21)26-14/h14H,3-9,17H2,1-2H3,(H,18,20)(H,19,24)/t14-/m0/s1. The van der Waals surface area contributed by atoms with Crippen LogP contribution in [0, 0.1) is 5.41 Å². The molecule has 1 atom stereocenters. The maximum atomic E-state index is 12.5. The molecule has 0 aliphatic carbocycles. The van der Waals surface area contributed by atoms with Gasteiger partial charge < -0.3 is 25.8 Å². The second kappa shape index (κ2) is 10.9. The Kier molecular flexibility index (Phi) is 9.22. The molecule has 0 spiro atoms. The van der Waals surface area contributed by atoms with Crippen LogP contribution in [-0.2, 0) is 33.4 Å². The minimum atomic E-state index is -1.32. The molecule has 0 radical (unpaired) electrons. The predicted molar refractivity (Wildman–Crippen MR) is 96.4 cm³/mol. The topological polar surface area (TPSA) is 154 Å². The molecule has 0 aromatic rings. The van der Waals surface area contributed by atoms with Gasteiger partial charge in [0.1, 0.15) is 13.0 Å². The third kappa shape index (κ3) is 8.39. The molecule has 11 heteroatoms. The van der Waals surface area contributed by atoms with E-state index in [0.29, 0.717) is 5.75 Å². The normalized spacial score (nSPS) is 20.8. The molecule has 2 amide bonds. The zero-order valence-electron chi connectivity index (χ0n) is 15.4. The van der Waals surface area contributed by atoms with Gasteiger partial charge in [-0.2, -0.15) is 0 Å². The van der Waals surface area contributed by atoms with E-state index in [1.807, 2.05) is 0 Å². The van der Waals surface area contributed by atoms with Crippen molar-refractivity contribution in [1.29, 1.82) is 0 Å². The Balaban J connectivity index is 2.92. The first-order valence-electron chi connectivity index (χ1n) is 8.41. The Labute approximate surface area is 161 Å². The van der Waals surface area contributed by atoms with Gasteiger partial charge in [-0.1, -0.05) is 25.6 Å². The molecule has 0 aromatic carbocycles. The Hall–Kier alpha value is -2.14. The summed E-state index contributed by atoms with van der Waals surface area (Å²) >= 11 is 0.897. The molecule has 4 N–H and O–H groups in total. The number of carbonyl (C=O) groups is 5. The Morgan fingerprint density at radius 1 is 1.26 bits per heavy atom. The van der Waals surface area contributed by atoms with E-state index in [-0.39, 0.29) is 38.6 Å². The summed E-state index contributed by atoms with van der Waals surface area (Å²) in [5.41, 5.74) is 4.10. The van der Waals surface area contributed by atoms with Crippen molar-refractivity contribution in [1.82, 2.24) is 10.6 Å². The molecule has 1 heterocycles. The monoisotopic (exact) mass is 403 g/mol. The maximum Gasteiger partial charge on any atom is 0.319 e. The van der Waals surface area contributed by atoms with Crippen molar-refractivity contribution in [2.45, 2.75) is 32.8 Å². The minimum absolute atomic E-state index is 0.0353. The van der Waals surface area contributed by atoms with Crippen molar-refractivity contribution in [3.8, 4) is 0 Å². The summed E-state index contributed by atoms with van der Waals surface area (Å²) < 4.78 is 10.2. The number of cyclic esters (lactones) is 1. The fourth-order valence-corrected chi connectivity index (χ4v) is 2.80. The van der Waals surface area contributed by atoms with E-state index in [9.17, 15) is 24.0 Å². The summed E-state index contributed by atoms with van der Waals surface area (Å²) in [5, 5.41) is 4.71. The summed E-state index contributed by atoms with van der Waals surface area (Å²) in [5.74, 6) is -2.12. The Morgan fingerprint density at radius 2 is 1.96 bits per heavy atom. The number of rotatable bonds is 4. The molecule has 0 bridgehead atoms. The highest BCUT2D eigenvalue weighted by Crippen LogP contribution is 2.25. The minimum Gasteiger partial charge on any atom is -0.464 e. The van der Waals surface area contributed by atoms with E-state index in [4.69, 9.17) is 15.2 Å². The molecule has 27 heavy (non-hydrogen) atoms. The van der Waals surface area contributed by atoms with Crippen LogP contribution in [0.4, 0.5) is 0 Å². The Morgan fingerprint density at radius 3 is 2.63 bits per heavy atom. The lowest BCUT2D eigenvalue weighted by Crippen LogP contribution is -2.49. The number of nitrogens with two attached hydrogens (primary N) is 1. The molecule has 0 unspecified atom stereocenters. The summed E-state index contributed by atoms with van der Waals surface area (Å²) in [4.78, 5) is 59.4. The van der Waals surface area contributed by atoms with Crippen molar-refractivity contribution >= 4 is 40.6 Å². The van der Waals surface area contributed by atoms with Crippen molar-refractivity contribution in [3.63, 3.8) is 0 Å². The summed E-state index contributed by atoms with van der Waals surface area (Å²) in [6.07, 6.45) is -1.80. The first-order valence-corrected chi connectivity index (χ1v) is 9.39. The third-order valence-corrected chi connectivity index (χ3v) is 4.47. The van der Waals surface area contributed by atoms with E-state index in [0.717, 1.165) is 11.8 Å². The van der Waals surface area contributed by atoms with Gasteiger partial charge in [-0.15, -0.1) is 0 Å². The zero-order valence-corrected chi connectivity index (χ0v) is 16.2. The molecule has 1 saturated heterocycles. The lowest BCUT2D eigenvalue weighted by atomic mass is 9.86. The molecule has 1 aliphatic heterocycles. The van der Waals surface area contributed by atoms with Gasteiger partial charge in [0.2, 0.25) is 5.91 Å². The number of hydrogen-bond acceptors (Lipinski definition) is 9. The maximum absolute atomic E-state index is 12.5. The molecule has 1 rings (SSSR count). The molecular weight excluding hydrogens is 378 g/mol. The van der Waals surface area contributed by atoms with E-state index >= 15 is 0 Å². The van der Waals surface area contributed by atoms with Crippen LogP contribution in [0.2, 0.25) is 0 Å². The van der Waals surface area contributed by atoms with Crippen molar-refractivity contribution < 1.29 is 33.4 Å². The van der Waals surface area contributed by atoms with Crippen molar-refractivity contribution in [2.24, 2.45) is 11.1 Å². The SMILES string of the molecule is CC(C)(COC(=O)CN)[C@H]1OC(=O)CC(=O)SCCNC(=O)CCNC1=O. The second-order valence-electron chi connectivity index (χ2n) is 6.51. The average Bonchev–Trinajstić information content (AvgIpc) is 2.60. The van der Waals surface area contributed by atoms with Gasteiger partial charge in [-0.25, -0.2) is 0 Å². The molecule has 0 aromatic heterocycles. The molecule has 152 valence electrons. The molecule has 0 saturated carbocycles. The number of esters is 2. The first kappa shape index (κ1) is 22.9. The van der Waals surface area contributed by atoms with Gasteiger partial charge in [0.05, 0.1) is 6.54 Å². The molecule has 1 fully saturated rings. The lowest BCUT2D eigenvalue weighted by molar-refractivity contribution is -0.168. The lowest BCUT2D eigenvalue weighted by Gasteiger charge is -2.32. The van der Waals surface area contributed by atoms with Crippen molar-refractivity contribution in [3.05, 3.63) is 0 Å². The highest BCUT2D eigenvalue weighted by Gasteiger charge is 2.40. The van der Waals surface area contributed by atoms with Gasteiger partial charge in [0.15, 0.2) is 11.2 Å². The largest absolute Gasteiger partial charge is 0.464 e. The summed E-state index contributed by atoms with van der Waals surface area (Å²) in [7, 11) is 0. The zero-order chi connectivity index (χ0) is 20.4. The summed E-state index contributed by atoms with van der Waals surface area (Å²) in [6.45, 7) is 2.91. The van der Waals surface area contributed by atoms with Crippen LogP contribution >= 0.6 is 11.8 Å². The van der Waals surface area contributed by atoms with Gasteiger partial charge in [0.25, 0.3) is 5.91 Å². The number of carbonyl (C=O) groups excluding carboxylic acids is 5. The fourth-order valence-electron chi connectivity index (χ4n) is 2.15. The molecule has 10 nitrogen and oxygen atoms in total. The first-order chi connectivity index (χ1) is 12.7. The van der Waals surface area contributed by atoms with E-state index < -0.39 is 40.9 Å². The van der Waals surface area contributed by atoms with Crippen molar-refractivity contribution in [2.75, 3.05) is 32.0 Å². The van der Waals surface area contributed by atoms with Gasteiger partial charge in [-0.05, 0) is 0 Å².